The zero-order chi connectivity index (χ0) is 23.8. The summed E-state index contributed by atoms with van der Waals surface area (Å²) < 4.78 is 6.66. The van der Waals surface area contributed by atoms with Crippen LogP contribution in [0.5, 0.6) is 0 Å². The van der Waals surface area contributed by atoms with E-state index in [0.29, 0.717) is 16.8 Å². The highest BCUT2D eigenvalue weighted by atomic mass is 16.5. The molecule has 4 rings (SSSR count). The normalized spacial score (nSPS) is 18.2. The van der Waals surface area contributed by atoms with E-state index in [4.69, 9.17) is 4.74 Å². The van der Waals surface area contributed by atoms with Gasteiger partial charge in [-0.2, -0.15) is 0 Å². The molecule has 1 N–H and O–H groups in total. The average Bonchev–Trinajstić information content (AvgIpc) is 3.40. The third-order valence-electron chi connectivity index (χ3n) is 6.09. The second-order valence-corrected chi connectivity index (χ2v) is 8.27. The quantitative estimate of drug-likeness (QED) is 0.584. The number of nitrogens with zero attached hydrogens (tertiary/aromatic N) is 3. The smallest absolute Gasteiger partial charge is 0.408 e. The molecule has 0 unspecified atom stereocenters. The molecule has 0 fully saturated rings. The van der Waals surface area contributed by atoms with Crippen LogP contribution in [-0.2, 0) is 15.1 Å². The van der Waals surface area contributed by atoms with Gasteiger partial charge in [0.05, 0.1) is 13.0 Å². The lowest BCUT2D eigenvalue weighted by molar-refractivity contribution is -0.124. The van der Waals surface area contributed by atoms with Crippen LogP contribution >= 0.6 is 0 Å². The molecule has 170 valence electrons. The van der Waals surface area contributed by atoms with Crippen LogP contribution in [0.4, 0.5) is 10.5 Å². The number of carbonyl (C=O) groups is 3. The van der Waals surface area contributed by atoms with Crippen molar-refractivity contribution in [1.29, 1.82) is 0 Å². The predicted octanol–water partition coefficient (Wildman–Crippen LogP) is 3.66. The molecule has 1 aliphatic rings. The van der Waals surface area contributed by atoms with E-state index in [-0.39, 0.29) is 17.6 Å². The number of hydrogen-bond donors (Lipinski definition) is 1. The number of nitrogens with one attached hydrogen (secondary N) is 1. The number of likely N-dealkylation sites (N-methyl/N-ethyl adjacent to an activating group) is 1. The summed E-state index contributed by atoms with van der Waals surface area (Å²) in [6, 6.07) is 16.1. The van der Waals surface area contributed by atoms with Crippen molar-refractivity contribution < 1.29 is 19.1 Å². The van der Waals surface area contributed by atoms with E-state index in [0.717, 1.165) is 0 Å². The first-order chi connectivity index (χ1) is 15.8. The van der Waals surface area contributed by atoms with Crippen molar-refractivity contribution in [1.82, 2.24) is 14.9 Å². The Bertz CT molecular complexity index is 1200. The van der Waals surface area contributed by atoms with Crippen LogP contribution in [0, 0.1) is 0 Å². The van der Waals surface area contributed by atoms with E-state index in [1.54, 1.807) is 66.5 Å². The molecule has 0 radical (unpaired) electrons. The fraction of sp³-hybridized carbons (Fsp3) is 0.280. The SMILES string of the molecule is COC(=O)N[C@@]1([C@H](C(=O)c2nccn2C(C)C)c2ccccc2)C(=O)N(C)c2ccccc21. The van der Waals surface area contributed by atoms with Gasteiger partial charge < -0.3 is 19.5 Å². The Hall–Kier alpha value is -3.94. The van der Waals surface area contributed by atoms with Gasteiger partial charge in [0.15, 0.2) is 11.4 Å². The number of imidazole rings is 1. The van der Waals surface area contributed by atoms with Crippen molar-refractivity contribution in [2.45, 2.75) is 31.3 Å². The maximum Gasteiger partial charge on any atom is 0.408 e. The minimum Gasteiger partial charge on any atom is -0.453 e. The standard InChI is InChI=1S/C25H26N4O4/c1-16(2)29-15-14-26-22(29)21(30)20(17-10-6-5-7-11-17)25(27-24(32)33-4)18-12-8-9-13-19(18)28(3)23(25)31/h5-16,20H,1-4H3,(H,27,32)/t20-,25-/m0/s1. The lowest BCUT2D eigenvalue weighted by Crippen LogP contribution is -2.58. The summed E-state index contributed by atoms with van der Waals surface area (Å²) >= 11 is 0. The number of anilines is 1. The first-order valence-corrected chi connectivity index (χ1v) is 10.7. The fourth-order valence-electron chi connectivity index (χ4n) is 4.57. The van der Waals surface area contributed by atoms with Crippen LogP contribution in [-0.4, -0.2) is 41.5 Å². The number of hydrogen-bond acceptors (Lipinski definition) is 5. The molecule has 1 aliphatic heterocycles. The maximum absolute atomic E-state index is 14.2. The lowest BCUT2D eigenvalue weighted by Gasteiger charge is -2.36. The van der Waals surface area contributed by atoms with Crippen molar-refractivity contribution in [3.05, 3.63) is 83.9 Å². The van der Waals surface area contributed by atoms with E-state index >= 15 is 0 Å². The predicted molar refractivity (Wildman–Crippen MR) is 123 cm³/mol. The van der Waals surface area contributed by atoms with Crippen molar-refractivity contribution in [2.24, 2.45) is 0 Å². The number of benzene rings is 2. The molecule has 0 saturated heterocycles. The second kappa shape index (κ2) is 8.54. The van der Waals surface area contributed by atoms with Crippen LogP contribution in [0.3, 0.4) is 0 Å². The molecule has 2 atom stereocenters. The van der Waals surface area contributed by atoms with Crippen molar-refractivity contribution >= 4 is 23.5 Å². The molecule has 8 heteroatoms. The number of para-hydroxylation sites is 1. The van der Waals surface area contributed by atoms with Gasteiger partial charge in [-0.25, -0.2) is 9.78 Å². The van der Waals surface area contributed by atoms with Crippen LogP contribution in [0.15, 0.2) is 67.0 Å². The molecule has 2 amide bonds. The summed E-state index contributed by atoms with van der Waals surface area (Å²) in [6.07, 6.45) is 2.48. The molecule has 2 aromatic carbocycles. The summed E-state index contributed by atoms with van der Waals surface area (Å²) in [6.45, 7) is 3.89. The Balaban J connectivity index is 2.03. The molecule has 0 spiro atoms. The number of Topliss-reactive ketones (excluding diaryl/α,β-unsaturated/α-hetero) is 1. The number of ketones is 1. The van der Waals surface area contributed by atoms with Gasteiger partial charge >= 0.3 is 6.09 Å². The number of aromatic nitrogens is 2. The van der Waals surface area contributed by atoms with E-state index in [2.05, 4.69) is 10.3 Å². The van der Waals surface area contributed by atoms with Crippen molar-refractivity contribution in [3.8, 4) is 0 Å². The minimum absolute atomic E-state index is 0.0263. The van der Waals surface area contributed by atoms with Gasteiger partial charge in [-0.3, -0.25) is 9.59 Å². The van der Waals surface area contributed by atoms with Gasteiger partial charge in [-0.15, -0.1) is 0 Å². The van der Waals surface area contributed by atoms with E-state index in [1.165, 1.54) is 12.0 Å². The summed E-state index contributed by atoms with van der Waals surface area (Å²) in [5.74, 6) is -1.69. The molecule has 0 bridgehead atoms. The number of carbonyl (C=O) groups excluding carboxylic acids is 3. The van der Waals surface area contributed by atoms with Gasteiger partial charge in [0.2, 0.25) is 5.78 Å². The minimum atomic E-state index is -1.72. The van der Waals surface area contributed by atoms with E-state index in [9.17, 15) is 14.4 Å². The van der Waals surface area contributed by atoms with Crippen LogP contribution in [0.2, 0.25) is 0 Å². The van der Waals surface area contributed by atoms with Crippen LogP contribution in [0.25, 0.3) is 0 Å². The molecule has 33 heavy (non-hydrogen) atoms. The molecule has 0 aliphatic carbocycles. The van der Waals surface area contributed by atoms with Crippen molar-refractivity contribution in [2.75, 3.05) is 19.1 Å². The highest BCUT2D eigenvalue weighted by Crippen LogP contribution is 2.49. The fourth-order valence-corrected chi connectivity index (χ4v) is 4.57. The third kappa shape index (κ3) is 3.47. The molecular formula is C25H26N4O4. The van der Waals surface area contributed by atoms with Gasteiger partial charge in [-0.1, -0.05) is 48.5 Å². The number of methoxy groups -OCH3 is 1. The maximum atomic E-state index is 14.2. The third-order valence-corrected chi connectivity index (χ3v) is 6.09. The van der Waals surface area contributed by atoms with E-state index < -0.39 is 23.5 Å². The molecule has 1 aromatic heterocycles. The largest absolute Gasteiger partial charge is 0.453 e. The Kier molecular flexibility index (Phi) is 5.76. The highest BCUT2D eigenvalue weighted by molar-refractivity contribution is 6.14. The monoisotopic (exact) mass is 446 g/mol. The van der Waals surface area contributed by atoms with E-state index in [1.807, 2.05) is 26.0 Å². The molecular weight excluding hydrogens is 420 g/mol. The molecule has 0 saturated carbocycles. The Morgan fingerprint density at radius 3 is 2.39 bits per heavy atom. The van der Waals surface area contributed by atoms with Crippen LogP contribution < -0.4 is 10.2 Å². The number of rotatable bonds is 6. The topological polar surface area (TPSA) is 93.5 Å². The highest BCUT2D eigenvalue weighted by Gasteiger charge is 2.59. The number of amides is 2. The molecule has 2 heterocycles. The Morgan fingerprint density at radius 1 is 1.06 bits per heavy atom. The number of alkyl carbamates (subject to hydrolysis) is 1. The molecule has 8 nitrogen and oxygen atoms in total. The summed E-state index contributed by atoms with van der Waals surface area (Å²) in [4.78, 5) is 46.5. The summed E-state index contributed by atoms with van der Waals surface area (Å²) in [5.41, 5.74) is -0.00628. The molecule has 3 aromatic rings. The lowest BCUT2D eigenvalue weighted by atomic mass is 9.72. The van der Waals surface area contributed by atoms with Gasteiger partial charge in [0, 0.05) is 36.7 Å². The Morgan fingerprint density at radius 2 is 1.73 bits per heavy atom. The zero-order valence-corrected chi connectivity index (χ0v) is 19.0. The van der Waals surface area contributed by atoms with Crippen LogP contribution in [0.1, 0.15) is 47.6 Å². The van der Waals surface area contributed by atoms with Gasteiger partial charge in [0.1, 0.15) is 0 Å². The first-order valence-electron chi connectivity index (χ1n) is 10.7. The number of fused-ring (bicyclic) bond motifs is 1. The Labute approximate surface area is 192 Å². The van der Waals surface area contributed by atoms with Crippen molar-refractivity contribution in [3.63, 3.8) is 0 Å². The number of ether oxygens (including phenoxy) is 1. The van der Waals surface area contributed by atoms with Gasteiger partial charge in [-0.05, 0) is 25.5 Å². The van der Waals surface area contributed by atoms with Gasteiger partial charge in [0.25, 0.3) is 5.91 Å². The second-order valence-electron chi connectivity index (χ2n) is 8.27. The summed E-state index contributed by atoms with van der Waals surface area (Å²) in [7, 11) is 2.85. The summed E-state index contributed by atoms with van der Waals surface area (Å²) in [5, 5.41) is 2.76. The first kappa shape index (κ1) is 22.3. The average molecular weight is 447 g/mol. The zero-order valence-electron chi connectivity index (χ0n) is 19.0.